The van der Waals surface area contributed by atoms with Gasteiger partial charge in [-0.05, 0) is 49.4 Å². The van der Waals surface area contributed by atoms with E-state index in [2.05, 4.69) is 35.4 Å². The van der Waals surface area contributed by atoms with Gasteiger partial charge in [0, 0.05) is 37.0 Å². The van der Waals surface area contributed by atoms with Gasteiger partial charge in [-0.25, -0.2) is 0 Å². The second-order valence-corrected chi connectivity index (χ2v) is 5.27. The first-order valence-electron chi connectivity index (χ1n) is 7.00. The quantitative estimate of drug-likeness (QED) is 0.914. The smallest absolute Gasteiger partial charge is 0.0751 e. The van der Waals surface area contributed by atoms with Crippen molar-refractivity contribution in [2.75, 3.05) is 25.1 Å². The van der Waals surface area contributed by atoms with Crippen LogP contribution in [0, 0.1) is 12.8 Å². The summed E-state index contributed by atoms with van der Waals surface area (Å²) in [6.45, 7) is 4.94. The Morgan fingerprint density at radius 3 is 2.95 bits per heavy atom. The molecule has 1 aliphatic rings. The molecule has 1 aromatic heterocycles. The molecule has 0 bridgehead atoms. The van der Waals surface area contributed by atoms with Crippen LogP contribution >= 0.6 is 0 Å². The normalized spacial score (nSPS) is 16.7. The number of hydrogen-bond donors (Lipinski definition) is 1. The van der Waals surface area contributed by atoms with Gasteiger partial charge in [0.15, 0.2) is 0 Å². The van der Waals surface area contributed by atoms with Gasteiger partial charge in [0.2, 0.25) is 0 Å². The maximum absolute atomic E-state index is 5.40. The van der Waals surface area contributed by atoms with Crippen molar-refractivity contribution < 1.29 is 4.74 Å². The maximum Gasteiger partial charge on any atom is 0.0751 e. The van der Waals surface area contributed by atoms with Crippen LogP contribution < -0.4 is 5.32 Å². The van der Waals surface area contributed by atoms with E-state index in [1.165, 1.54) is 16.6 Å². The number of fused-ring (bicyclic) bond motifs is 1. The monoisotopic (exact) mass is 256 g/mol. The van der Waals surface area contributed by atoms with Crippen molar-refractivity contribution >= 4 is 16.6 Å². The lowest BCUT2D eigenvalue weighted by Gasteiger charge is -2.23. The summed E-state index contributed by atoms with van der Waals surface area (Å²) in [5, 5.41) is 4.81. The second-order valence-electron chi connectivity index (χ2n) is 5.27. The van der Waals surface area contributed by atoms with Crippen molar-refractivity contribution in [1.82, 2.24) is 4.98 Å². The number of rotatable bonds is 3. The minimum atomic E-state index is 0.724. The van der Waals surface area contributed by atoms with E-state index >= 15 is 0 Å². The zero-order chi connectivity index (χ0) is 13.1. The molecule has 0 aliphatic carbocycles. The van der Waals surface area contributed by atoms with Gasteiger partial charge in [-0.1, -0.05) is 6.07 Å². The summed E-state index contributed by atoms with van der Waals surface area (Å²) in [4.78, 5) is 4.48. The molecular weight excluding hydrogens is 236 g/mol. The van der Waals surface area contributed by atoms with Crippen LogP contribution in [-0.4, -0.2) is 24.7 Å². The zero-order valence-corrected chi connectivity index (χ0v) is 11.4. The average molecular weight is 256 g/mol. The van der Waals surface area contributed by atoms with Gasteiger partial charge in [-0.15, -0.1) is 0 Å². The number of benzene rings is 1. The Hall–Kier alpha value is -1.61. The topological polar surface area (TPSA) is 34.1 Å². The van der Waals surface area contributed by atoms with Crippen LogP contribution in [0.15, 0.2) is 30.5 Å². The third-order valence-electron chi connectivity index (χ3n) is 3.89. The number of ether oxygens (including phenoxy) is 1. The summed E-state index contributed by atoms with van der Waals surface area (Å²) in [5.41, 5.74) is 3.52. The first kappa shape index (κ1) is 12.4. The van der Waals surface area contributed by atoms with Crippen LogP contribution in [0.5, 0.6) is 0 Å². The van der Waals surface area contributed by atoms with Crippen molar-refractivity contribution in [2.24, 2.45) is 5.92 Å². The van der Waals surface area contributed by atoms with Crippen molar-refractivity contribution in [3.05, 3.63) is 36.0 Å². The number of aryl methyl sites for hydroxylation is 1. The Morgan fingerprint density at radius 2 is 2.11 bits per heavy atom. The van der Waals surface area contributed by atoms with Crippen LogP contribution in [0.1, 0.15) is 18.4 Å². The summed E-state index contributed by atoms with van der Waals surface area (Å²) < 4.78 is 5.40. The zero-order valence-electron chi connectivity index (χ0n) is 11.4. The Morgan fingerprint density at radius 1 is 1.26 bits per heavy atom. The molecule has 1 aliphatic heterocycles. The van der Waals surface area contributed by atoms with Crippen LogP contribution in [0.2, 0.25) is 0 Å². The van der Waals surface area contributed by atoms with Gasteiger partial charge in [0.1, 0.15) is 0 Å². The number of nitrogens with zero attached hydrogens (tertiary/aromatic N) is 1. The summed E-state index contributed by atoms with van der Waals surface area (Å²) in [5.74, 6) is 0.724. The van der Waals surface area contributed by atoms with E-state index in [0.717, 1.165) is 44.0 Å². The van der Waals surface area contributed by atoms with E-state index in [-0.39, 0.29) is 0 Å². The van der Waals surface area contributed by atoms with Crippen molar-refractivity contribution in [3.8, 4) is 0 Å². The first-order valence-corrected chi connectivity index (χ1v) is 7.00. The molecule has 2 heterocycles. The lowest BCUT2D eigenvalue weighted by Crippen LogP contribution is -2.22. The molecule has 3 heteroatoms. The molecule has 0 spiro atoms. The molecule has 0 amide bonds. The third kappa shape index (κ3) is 2.71. The maximum atomic E-state index is 5.40. The van der Waals surface area contributed by atoms with Gasteiger partial charge in [0.25, 0.3) is 0 Å². The molecule has 0 radical (unpaired) electrons. The molecule has 1 N–H and O–H groups in total. The fraction of sp³-hybridized carbons (Fsp3) is 0.438. The van der Waals surface area contributed by atoms with E-state index in [9.17, 15) is 0 Å². The molecule has 100 valence electrons. The highest BCUT2D eigenvalue weighted by atomic mass is 16.5. The molecule has 2 aromatic rings. The van der Waals surface area contributed by atoms with E-state index in [1.54, 1.807) is 0 Å². The van der Waals surface area contributed by atoms with Gasteiger partial charge in [-0.3, -0.25) is 4.98 Å². The highest BCUT2D eigenvalue weighted by Crippen LogP contribution is 2.25. The number of aromatic nitrogens is 1. The molecule has 0 atom stereocenters. The molecular formula is C16H20N2O. The minimum Gasteiger partial charge on any atom is -0.384 e. The molecule has 0 unspecified atom stereocenters. The van der Waals surface area contributed by atoms with E-state index < -0.39 is 0 Å². The lowest BCUT2D eigenvalue weighted by molar-refractivity contribution is 0.0699. The second kappa shape index (κ2) is 5.57. The van der Waals surface area contributed by atoms with E-state index in [0.29, 0.717) is 0 Å². The third-order valence-corrected chi connectivity index (χ3v) is 3.89. The predicted molar refractivity (Wildman–Crippen MR) is 78.5 cm³/mol. The SMILES string of the molecule is Cc1ccc(NCC2CCOCC2)c2cccnc12. The highest BCUT2D eigenvalue weighted by Gasteiger charge is 2.14. The molecule has 1 fully saturated rings. The lowest BCUT2D eigenvalue weighted by atomic mass is 10.00. The highest BCUT2D eigenvalue weighted by molar-refractivity contribution is 5.93. The fourth-order valence-corrected chi connectivity index (χ4v) is 2.67. The average Bonchev–Trinajstić information content (AvgIpc) is 2.48. The Labute approximate surface area is 114 Å². The van der Waals surface area contributed by atoms with Crippen molar-refractivity contribution in [1.29, 1.82) is 0 Å². The first-order chi connectivity index (χ1) is 9.34. The summed E-state index contributed by atoms with van der Waals surface area (Å²) >= 11 is 0. The number of hydrogen-bond acceptors (Lipinski definition) is 3. The van der Waals surface area contributed by atoms with Crippen LogP contribution in [0.3, 0.4) is 0 Å². The van der Waals surface area contributed by atoms with Gasteiger partial charge in [-0.2, -0.15) is 0 Å². The summed E-state index contributed by atoms with van der Waals surface area (Å²) in [7, 11) is 0. The van der Waals surface area contributed by atoms with Crippen molar-refractivity contribution in [2.45, 2.75) is 19.8 Å². The van der Waals surface area contributed by atoms with Gasteiger partial charge < -0.3 is 10.1 Å². The van der Waals surface area contributed by atoms with E-state index in [4.69, 9.17) is 4.74 Å². The van der Waals surface area contributed by atoms with Gasteiger partial charge >= 0.3 is 0 Å². The molecule has 19 heavy (non-hydrogen) atoms. The van der Waals surface area contributed by atoms with Crippen LogP contribution in [-0.2, 0) is 4.74 Å². The fourth-order valence-electron chi connectivity index (χ4n) is 2.67. The number of pyridine rings is 1. The molecule has 1 aromatic carbocycles. The standard InChI is InChI=1S/C16H20N2O/c1-12-4-5-15(14-3-2-8-17-16(12)14)18-11-13-6-9-19-10-7-13/h2-5,8,13,18H,6-7,9-11H2,1H3. The molecule has 3 nitrogen and oxygen atoms in total. The van der Waals surface area contributed by atoms with Crippen LogP contribution in [0.4, 0.5) is 5.69 Å². The van der Waals surface area contributed by atoms with Crippen LogP contribution in [0.25, 0.3) is 10.9 Å². The Bertz CT molecular complexity index is 562. The van der Waals surface area contributed by atoms with Gasteiger partial charge in [0.05, 0.1) is 5.52 Å². The minimum absolute atomic E-state index is 0.724. The number of nitrogens with one attached hydrogen (secondary N) is 1. The van der Waals surface area contributed by atoms with E-state index in [1.807, 2.05) is 12.3 Å². The number of anilines is 1. The summed E-state index contributed by atoms with van der Waals surface area (Å²) in [6.07, 6.45) is 4.18. The largest absolute Gasteiger partial charge is 0.384 e. The Balaban J connectivity index is 1.79. The molecule has 3 rings (SSSR count). The molecule has 1 saturated heterocycles. The predicted octanol–water partition coefficient (Wildman–Crippen LogP) is 3.38. The summed E-state index contributed by atoms with van der Waals surface area (Å²) in [6, 6.07) is 8.45. The molecule has 0 saturated carbocycles. The Kier molecular flexibility index (Phi) is 3.65. The van der Waals surface area contributed by atoms with Crippen molar-refractivity contribution in [3.63, 3.8) is 0 Å².